The first-order valence-electron chi connectivity index (χ1n) is 10.5. The highest BCUT2D eigenvalue weighted by atomic mass is 35.5. The molecule has 188 valence electrons. The van der Waals surface area contributed by atoms with E-state index in [2.05, 4.69) is 10.2 Å². The number of esters is 1. The Morgan fingerprint density at radius 2 is 1.83 bits per heavy atom. The maximum atomic E-state index is 13.1. The summed E-state index contributed by atoms with van der Waals surface area (Å²) < 4.78 is 55.8. The number of alkyl halides is 3. The lowest BCUT2D eigenvalue weighted by Crippen LogP contribution is -2.34. The van der Waals surface area contributed by atoms with Gasteiger partial charge in [0.05, 0.1) is 13.3 Å². The van der Waals surface area contributed by atoms with E-state index in [1.54, 1.807) is 27.7 Å². The average molecular weight is 514 g/mol. The monoisotopic (exact) mass is 513 g/mol. The molecule has 0 spiro atoms. The lowest BCUT2D eigenvalue weighted by atomic mass is 9.99. The lowest BCUT2D eigenvalue weighted by Gasteiger charge is -2.25. The van der Waals surface area contributed by atoms with Crippen LogP contribution < -0.4 is 10.3 Å². The smallest absolute Gasteiger partial charge is 0.470 e. The van der Waals surface area contributed by atoms with Gasteiger partial charge in [0.1, 0.15) is 17.4 Å². The number of ether oxygens (including phenoxy) is 2. The van der Waals surface area contributed by atoms with E-state index in [9.17, 15) is 22.8 Å². The lowest BCUT2D eigenvalue weighted by molar-refractivity contribution is -0.159. The third kappa shape index (κ3) is 5.84. The standard InChI is InChI=1S/C23H23ClF3N3O5/c1-6-16(20(32)35-22(2,3)4)30-11-17(33-5)15(10-18(30)31)14-9-12(24)7-8-13(14)19-28-29-21(34-19)23(25,26)27/h7-11,16H,6H2,1-5H3. The molecule has 0 aliphatic heterocycles. The van der Waals surface area contributed by atoms with E-state index < -0.39 is 41.1 Å². The van der Waals surface area contributed by atoms with Crippen LogP contribution in [0.1, 0.15) is 46.0 Å². The summed E-state index contributed by atoms with van der Waals surface area (Å²) in [5, 5.41) is 6.79. The molecular weight excluding hydrogens is 491 g/mol. The van der Waals surface area contributed by atoms with Gasteiger partial charge in [0.15, 0.2) is 0 Å². The Labute approximate surface area is 203 Å². The van der Waals surface area contributed by atoms with Crippen molar-refractivity contribution in [1.29, 1.82) is 0 Å². The molecule has 0 radical (unpaired) electrons. The fourth-order valence-electron chi connectivity index (χ4n) is 3.36. The number of aromatic nitrogens is 3. The topological polar surface area (TPSA) is 96.5 Å². The molecule has 0 N–H and O–H groups in total. The highest BCUT2D eigenvalue weighted by Gasteiger charge is 2.38. The number of halogens is 4. The van der Waals surface area contributed by atoms with Gasteiger partial charge in [0.25, 0.3) is 5.56 Å². The molecule has 1 aromatic carbocycles. The quantitative estimate of drug-likeness (QED) is 0.399. The van der Waals surface area contributed by atoms with E-state index in [4.69, 9.17) is 25.5 Å². The zero-order valence-corrected chi connectivity index (χ0v) is 20.3. The van der Waals surface area contributed by atoms with Crippen LogP contribution in [0.4, 0.5) is 13.2 Å². The van der Waals surface area contributed by atoms with Crippen LogP contribution in [0, 0.1) is 0 Å². The molecule has 2 aromatic heterocycles. The first kappa shape index (κ1) is 26.3. The largest absolute Gasteiger partial charge is 0.495 e. The van der Waals surface area contributed by atoms with Gasteiger partial charge in [-0.1, -0.05) is 18.5 Å². The third-order valence-electron chi connectivity index (χ3n) is 4.84. The summed E-state index contributed by atoms with van der Waals surface area (Å²) in [6, 6.07) is 4.53. The van der Waals surface area contributed by atoms with Gasteiger partial charge in [-0.2, -0.15) is 13.2 Å². The van der Waals surface area contributed by atoms with E-state index in [1.165, 1.54) is 42.1 Å². The summed E-state index contributed by atoms with van der Waals surface area (Å²) in [6.07, 6.45) is -3.22. The predicted molar refractivity (Wildman–Crippen MR) is 121 cm³/mol. The normalized spacial score (nSPS) is 12.9. The van der Waals surface area contributed by atoms with Gasteiger partial charge < -0.3 is 13.9 Å². The van der Waals surface area contributed by atoms with Gasteiger partial charge in [-0.25, -0.2) is 4.79 Å². The fourth-order valence-corrected chi connectivity index (χ4v) is 3.54. The van der Waals surface area contributed by atoms with E-state index in [-0.39, 0.29) is 33.9 Å². The van der Waals surface area contributed by atoms with Crippen LogP contribution in [0.2, 0.25) is 5.02 Å². The second kappa shape index (κ2) is 9.73. The van der Waals surface area contributed by atoms with Crippen molar-refractivity contribution in [3.63, 3.8) is 0 Å². The first-order valence-corrected chi connectivity index (χ1v) is 10.9. The Bertz CT molecular complexity index is 1290. The van der Waals surface area contributed by atoms with Crippen LogP contribution >= 0.6 is 11.6 Å². The maximum Gasteiger partial charge on any atom is 0.470 e. The summed E-state index contributed by atoms with van der Waals surface area (Å²) in [6.45, 7) is 6.87. The molecule has 35 heavy (non-hydrogen) atoms. The van der Waals surface area contributed by atoms with E-state index >= 15 is 0 Å². The van der Waals surface area contributed by atoms with Gasteiger partial charge in [0.2, 0.25) is 5.89 Å². The van der Waals surface area contributed by atoms with Crippen molar-refractivity contribution in [3.8, 4) is 28.3 Å². The third-order valence-corrected chi connectivity index (χ3v) is 5.07. The molecule has 3 rings (SSSR count). The van der Waals surface area contributed by atoms with Gasteiger partial charge in [-0.05, 0) is 51.0 Å². The molecule has 8 nitrogen and oxygen atoms in total. The summed E-state index contributed by atoms with van der Waals surface area (Å²) in [4.78, 5) is 25.8. The second-order valence-corrected chi connectivity index (χ2v) is 8.99. The Balaban J connectivity index is 2.16. The molecule has 0 saturated heterocycles. The van der Waals surface area contributed by atoms with Crippen LogP contribution in [0.3, 0.4) is 0 Å². The molecule has 12 heteroatoms. The number of hydrogen-bond donors (Lipinski definition) is 0. The predicted octanol–water partition coefficient (Wildman–Crippen LogP) is 5.54. The van der Waals surface area contributed by atoms with Crippen LogP contribution in [0.15, 0.2) is 39.7 Å². The molecule has 1 atom stereocenters. The average Bonchev–Trinajstić information content (AvgIpc) is 3.24. The van der Waals surface area contributed by atoms with Gasteiger partial charge >= 0.3 is 18.0 Å². The van der Waals surface area contributed by atoms with Crippen LogP contribution in [0.25, 0.3) is 22.6 Å². The molecule has 0 bridgehead atoms. The van der Waals surface area contributed by atoms with Crippen molar-refractivity contribution in [2.24, 2.45) is 0 Å². The van der Waals surface area contributed by atoms with Gasteiger partial charge in [-0.3, -0.25) is 9.36 Å². The Morgan fingerprint density at radius 3 is 2.37 bits per heavy atom. The van der Waals surface area contributed by atoms with Crippen molar-refractivity contribution in [2.75, 3.05) is 7.11 Å². The minimum Gasteiger partial charge on any atom is -0.495 e. The van der Waals surface area contributed by atoms with Crippen molar-refractivity contribution < 1.29 is 31.9 Å². The maximum absolute atomic E-state index is 13.1. The Morgan fingerprint density at radius 1 is 1.14 bits per heavy atom. The molecular formula is C23H23ClF3N3O5. The minimum atomic E-state index is -4.83. The van der Waals surface area contributed by atoms with E-state index in [0.717, 1.165) is 0 Å². The summed E-state index contributed by atoms with van der Waals surface area (Å²) in [7, 11) is 1.35. The Hall–Kier alpha value is -3.34. The zero-order valence-electron chi connectivity index (χ0n) is 19.6. The van der Waals surface area contributed by atoms with Gasteiger partial charge in [0, 0.05) is 22.2 Å². The number of rotatable bonds is 6. The second-order valence-electron chi connectivity index (χ2n) is 8.56. The molecule has 0 fully saturated rings. The molecule has 0 aliphatic rings. The van der Waals surface area contributed by atoms with E-state index in [0.29, 0.717) is 0 Å². The highest BCUT2D eigenvalue weighted by molar-refractivity contribution is 6.31. The fraction of sp³-hybridized carbons (Fsp3) is 0.391. The number of benzene rings is 1. The minimum absolute atomic E-state index is 0.104. The molecule has 1 unspecified atom stereocenters. The molecule has 0 amide bonds. The SMILES string of the molecule is CCC(C(=O)OC(C)(C)C)n1cc(OC)c(-c2cc(Cl)ccc2-c2nnc(C(F)(F)F)o2)cc1=O. The number of carbonyl (C=O) groups excluding carboxylic acids is 1. The van der Waals surface area contributed by atoms with Crippen LogP contribution in [-0.4, -0.2) is 33.4 Å². The summed E-state index contributed by atoms with van der Waals surface area (Å²) in [5.74, 6) is -2.37. The summed E-state index contributed by atoms with van der Waals surface area (Å²) in [5.41, 5.74) is -0.788. The first-order chi connectivity index (χ1) is 16.2. The number of pyridine rings is 1. The molecule has 2 heterocycles. The molecule has 0 saturated carbocycles. The zero-order chi connectivity index (χ0) is 26.1. The molecule has 0 aliphatic carbocycles. The summed E-state index contributed by atoms with van der Waals surface area (Å²) >= 11 is 6.14. The van der Waals surface area contributed by atoms with Gasteiger partial charge in [-0.15, -0.1) is 10.2 Å². The highest BCUT2D eigenvalue weighted by Crippen LogP contribution is 2.39. The van der Waals surface area contributed by atoms with Crippen molar-refractivity contribution in [2.45, 2.75) is 51.9 Å². The van der Waals surface area contributed by atoms with Crippen LogP contribution in [-0.2, 0) is 15.7 Å². The van der Waals surface area contributed by atoms with Crippen molar-refractivity contribution in [3.05, 3.63) is 51.7 Å². The van der Waals surface area contributed by atoms with Crippen molar-refractivity contribution in [1.82, 2.24) is 14.8 Å². The van der Waals surface area contributed by atoms with E-state index in [1.807, 2.05) is 0 Å². The number of hydrogen-bond acceptors (Lipinski definition) is 7. The van der Waals surface area contributed by atoms with Crippen LogP contribution in [0.5, 0.6) is 5.75 Å². The molecule has 3 aromatic rings. The number of methoxy groups -OCH3 is 1. The number of carbonyl (C=O) groups is 1. The van der Waals surface area contributed by atoms with Crippen molar-refractivity contribution >= 4 is 17.6 Å². The number of nitrogens with zero attached hydrogens (tertiary/aromatic N) is 3. The Kier molecular flexibility index (Phi) is 7.30.